The molecule has 2 aromatic rings. The van der Waals surface area contributed by atoms with Gasteiger partial charge in [0.15, 0.2) is 9.84 Å². The van der Waals surface area contributed by atoms with Gasteiger partial charge in [0.1, 0.15) is 0 Å². The minimum Gasteiger partial charge on any atom is -0.336 e. The normalized spacial score (nSPS) is 16.2. The predicted molar refractivity (Wildman–Crippen MR) is 100 cm³/mol. The first-order chi connectivity index (χ1) is 11.8. The largest absolute Gasteiger partial charge is 0.336 e. The summed E-state index contributed by atoms with van der Waals surface area (Å²) in [4.78, 5) is 18.1. The first-order valence-corrected chi connectivity index (χ1v) is 11.0. The van der Waals surface area contributed by atoms with Crippen molar-refractivity contribution in [1.29, 1.82) is 0 Å². The van der Waals surface area contributed by atoms with E-state index >= 15 is 0 Å². The molecule has 134 valence electrons. The average molecular weight is 399 g/mol. The maximum Gasteiger partial charge on any atom is 0.253 e. The zero-order valence-corrected chi connectivity index (χ0v) is 16.2. The quantitative estimate of drug-likeness (QED) is 0.794. The summed E-state index contributed by atoms with van der Waals surface area (Å²) < 4.78 is 24.1. The van der Waals surface area contributed by atoms with Crippen molar-refractivity contribution in [1.82, 2.24) is 9.80 Å². The maximum atomic E-state index is 12.6. The molecule has 8 heteroatoms. The van der Waals surface area contributed by atoms with E-state index in [1.807, 2.05) is 12.1 Å². The van der Waals surface area contributed by atoms with Gasteiger partial charge < -0.3 is 4.90 Å². The van der Waals surface area contributed by atoms with Gasteiger partial charge in [0.05, 0.1) is 9.23 Å². The molecule has 3 rings (SSSR count). The van der Waals surface area contributed by atoms with Crippen LogP contribution >= 0.6 is 22.9 Å². The maximum absolute atomic E-state index is 12.6. The third-order valence-electron chi connectivity index (χ3n) is 4.18. The third-order valence-corrected chi connectivity index (χ3v) is 6.50. The number of carbonyl (C=O) groups is 1. The van der Waals surface area contributed by atoms with E-state index in [0.717, 1.165) is 30.2 Å². The van der Waals surface area contributed by atoms with E-state index in [4.69, 9.17) is 11.6 Å². The van der Waals surface area contributed by atoms with E-state index in [0.29, 0.717) is 18.7 Å². The number of thiophene rings is 1. The summed E-state index contributed by atoms with van der Waals surface area (Å²) >= 11 is 7.54. The van der Waals surface area contributed by atoms with Crippen LogP contribution in [-0.4, -0.2) is 56.6 Å². The van der Waals surface area contributed by atoms with Crippen molar-refractivity contribution >= 4 is 38.7 Å². The highest BCUT2D eigenvalue weighted by Crippen LogP contribution is 2.23. The van der Waals surface area contributed by atoms with Gasteiger partial charge in [0.2, 0.25) is 0 Å². The van der Waals surface area contributed by atoms with Gasteiger partial charge in [-0.1, -0.05) is 17.7 Å². The molecule has 1 aromatic heterocycles. The van der Waals surface area contributed by atoms with Crippen LogP contribution in [-0.2, 0) is 16.4 Å². The number of sulfone groups is 1. The lowest BCUT2D eigenvalue weighted by molar-refractivity contribution is 0.0629. The Kier molecular flexibility index (Phi) is 5.48. The van der Waals surface area contributed by atoms with Crippen LogP contribution in [0, 0.1) is 0 Å². The first-order valence-electron chi connectivity index (χ1n) is 7.89. The summed E-state index contributed by atoms with van der Waals surface area (Å²) in [6, 6.07) is 10.2. The standard InChI is InChI=1S/C17H19ClN2O3S2/c1-25(22,23)15-4-2-3-13(11-15)17(21)20-9-7-19(8-10-20)12-14-5-6-16(18)24-14/h2-6,11H,7-10,12H2,1H3. The summed E-state index contributed by atoms with van der Waals surface area (Å²) in [6.45, 7) is 3.66. The summed E-state index contributed by atoms with van der Waals surface area (Å²) in [6.07, 6.45) is 1.15. The van der Waals surface area contributed by atoms with E-state index in [2.05, 4.69) is 4.90 Å². The minimum atomic E-state index is -3.32. The van der Waals surface area contributed by atoms with Gasteiger partial charge >= 0.3 is 0 Å². The summed E-state index contributed by atoms with van der Waals surface area (Å²) in [5.41, 5.74) is 0.418. The number of hydrogen-bond donors (Lipinski definition) is 0. The highest BCUT2D eigenvalue weighted by atomic mass is 35.5. The van der Waals surface area contributed by atoms with E-state index in [1.165, 1.54) is 17.0 Å². The fourth-order valence-electron chi connectivity index (χ4n) is 2.81. The molecule has 1 amide bonds. The molecule has 1 aliphatic heterocycles. The number of hydrogen-bond acceptors (Lipinski definition) is 5. The highest BCUT2D eigenvalue weighted by Gasteiger charge is 2.23. The summed E-state index contributed by atoms with van der Waals surface area (Å²) in [7, 11) is -3.32. The van der Waals surface area contributed by atoms with Crippen molar-refractivity contribution in [2.45, 2.75) is 11.4 Å². The second-order valence-corrected chi connectivity index (χ2v) is 9.89. The highest BCUT2D eigenvalue weighted by molar-refractivity contribution is 7.90. The SMILES string of the molecule is CS(=O)(=O)c1cccc(C(=O)N2CCN(Cc3ccc(Cl)s3)CC2)c1. The topological polar surface area (TPSA) is 57.7 Å². The van der Waals surface area contributed by atoms with E-state index < -0.39 is 9.84 Å². The van der Waals surface area contributed by atoms with Crippen LogP contribution in [0.2, 0.25) is 4.34 Å². The van der Waals surface area contributed by atoms with E-state index in [-0.39, 0.29) is 10.8 Å². The Bertz CT molecular complexity index is 872. The fourth-order valence-corrected chi connectivity index (χ4v) is 4.61. The molecule has 0 unspecified atom stereocenters. The molecule has 5 nitrogen and oxygen atoms in total. The Hall–Kier alpha value is -1.41. The molecule has 25 heavy (non-hydrogen) atoms. The molecule has 0 N–H and O–H groups in total. The van der Waals surface area contributed by atoms with Crippen LogP contribution in [0.15, 0.2) is 41.3 Å². The molecular weight excluding hydrogens is 380 g/mol. The molecule has 2 heterocycles. The van der Waals surface area contributed by atoms with Crippen molar-refractivity contribution in [2.75, 3.05) is 32.4 Å². The zero-order valence-electron chi connectivity index (χ0n) is 13.8. The predicted octanol–water partition coefficient (Wildman–Crippen LogP) is 2.76. The second kappa shape index (κ2) is 7.45. The molecule has 0 radical (unpaired) electrons. The van der Waals surface area contributed by atoms with Crippen LogP contribution in [0.3, 0.4) is 0 Å². The van der Waals surface area contributed by atoms with Gasteiger partial charge in [-0.2, -0.15) is 0 Å². The van der Waals surface area contributed by atoms with Gasteiger partial charge in [-0.3, -0.25) is 9.69 Å². The summed E-state index contributed by atoms with van der Waals surface area (Å²) in [5.74, 6) is -0.121. The number of rotatable bonds is 4. The fraction of sp³-hybridized carbons (Fsp3) is 0.353. The van der Waals surface area contributed by atoms with Crippen LogP contribution in [0.1, 0.15) is 15.2 Å². The zero-order chi connectivity index (χ0) is 18.0. The van der Waals surface area contributed by atoms with Crippen LogP contribution in [0.4, 0.5) is 0 Å². The smallest absolute Gasteiger partial charge is 0.253 e. The number of carbonyl (C=O) groups excluding carboxylic acids is 1. The van der Waals surface area contributed by atoms with Gasteiger partial charge in [-0.15, -0.1) is 11.3 Å². The van der Waals surface area contributed by atoms with Gasteiger partial charge in [0.25, 0.3) is 5.91 Å². The van der Waals surface area contributed by atoms with Gasteiger partial charge in [0, 0.05) is 49.4 Å². The number of amides is 1. The minimum absolute atomic E-state index is 0.121. The number of nitrogens with zero attached hydrogens (tertiary/aromatic N) is 2. The van der Waals surface area contributed by atoms with E-state index in [9.17, 15) is 13.2 Å². The van der Waals surface area contributed by atoms with Gasteiger partial charge in [-0.05, 0) is 30.3 Å². The molecule has 1 aliphatic rings. The van der Waals surface area contributed by atoms with Crippen molar-refractivity contribution in [3.63, 3.8) is 0 Å². The molecule has 1 fully saturated rings. The van der Waals surface area contributed by atoms with Gasteiger partial charge in [-0.25, -0.2) is 8.42 Å². The van der Waals surface area contributed by atoms with Crippen molar-refractivity contribution in [3.05, 3.63) is 51.2 Å². The lowest BCUT2D eigenvalue weighted by atomic mass is 10.2. The number of halogens is 1. The van der Waals surface area contributed by atoms with Crippen LogP contribution in [0.5, 0.6) is 0 Å². The molecule has 0 saturated carbocycles. The van der Waals surface area contributed by atoms with Crippen molar-refractivity contribution in [3.8, 4) is 0 Å². The monoisotopic (exact) mass is 398 g/mol. The molecule has 0 aliphatic carbocycles. The van der Waals surface area contributed by atoms with E-state index in [1.54, 1.807) is 28.4 Å². The Morgan fingerprint density at radius 2 is 1.88 bits per heavy atom. The second-order valence-electron chi connectivity index (χ2n) is 6.07. The Balaban J connectivity index is 1.62. The molecule has 1 aromatic carbocycles. The average Bonchev–Trinajstić information content (AvgIpc) is 2.99. The molecular formula is C17H19ClN2O3S2. The number of benzene rings is 1. The molecule has 0 atom stereocenters. The molecule has 0 spiro atoms. The Morgan fingerprint density at radius 1 is 1.16 bits per heavy atom. The molecule has 1 saturated heterocycles. The van der Waals surface area contributed by atoms with Crippen LogP contribution in [0.25, 0.3) is 0 Å². The third kappa shape index (κ3) is 4.61. The van der Waals surface area contributed by atoms with Crippen LogP contribution < -0.4 is 0 Å². The Morgan fingerprint density at radius 3 is 2.48 bits per heavy atom. The summed E-state index contributed by atoms with van der Waals surface area (Å²) in [5, 5.41) is 0. The van der Waals surface area contributed by atoms with Crippen molar-refractivity contribution < 1.29 is 13.2 Å². The first kappa shape index (κ1) is 18.4. The van der Waals surface area contributed by atoms with Crippen molar-refractivity contribution in [2.24, 2.45) is 0 Å². The lowest BCUT2D eigenvalue weighted by Crippen LogP contribution is -2.48. The molecule has 0 bridgehead atoms. The lowest BCUT2D eigenvalue weighted by Gasteiger charge is -2.34. The Labute approximate surface area is 156 Å². The number of piperazine rings is 1.